The summed E-state index contributed by atoms with van der Waals surface area (Å²) in [7, 11) is 0. The van der Waals surface area contributed by atoms with E-state index in [9.17, 15) is 5.11 Å². The predicted octanol–water partition coefficient (Wildman–Crippen LogP) is 2.29. The van der Waals surface area contributed by atoms with Gasteiger partial charge in [0.05, 0.1) is 6.21 Å². The van der Waals surface area contributed by atoms with Crippen LogP contribution in [0.5, 0.6) is 5.75 Å². The van der Waals surface area contributed by atoms with Gasteiger partial charge < -0.3 is 5.11 Å². The lowest BCUT2D eigenvalue weighted by Gasteiger charge is -2.02. The zero-order valence-electron chi connectivity index (χ0n) is 9.76. The maximum atomic E-state index is 9.54. The van der Waals surface area contributed by atoms with Crippen LogP contribution in [-0.4, -0.2) is 23.7 Å². The number of phenols is 1. The third-order valence-corrected chi connectivity index (χ3v) is 2.71. The summed E-state index contributed by atoms with van der Waals surface area (Å²) in [6, 6.07) is 7.11. The van der Waals surface area contributed by atoms with Crippen LogP contribution >= 0.6 is 0 Å². The second-order valence-corrected chi connectivity index (χ2v) is 4.07. The topological polar surface area (TPSA) is 57.0 Å². The van der Waals surface area contributed by atoms with E-state index in [0.29, 0.717) is 5.56 Å². The van der Waals surface area contributed by atoms with Gasteiger partial charge in [0.25, 0.3) is 0 Å². The van der Waals surface area contributed by atoms with Crippen LogP contribution in [0.3, 0.4) is 0 Å². The highest BCUT2D eigenvalue weighted by atomic mass is 16.3. The first-order valence-corrected chi connectivity index (χ1v) is 5.96. The molecule has 90 valence electrons. The molecule has 0 radical (unpaired) electrons. The minimum Gasteiger partial charge on any atom is -0.507 e. The Morgan fingerprint density at radius 1 is 1.24 bits per heavy atom. The molecular formula is C13H17N3O. The van der Waals surface area contributed by atoms with Crippen molar-refractivity contribution in [1.82, 2.24) is 5.43 Å². The lowest BCUT2D eigenvalue weighted by molar-refractivity contribution is 0.474. The summed E-state index contributed by atoms with van der Waals surface area (Å²) in [5.74, 6) is 1.18. The number of hydrogen-bond acceptors (Lipinski definition) is 4. The SMILES string of the molecule is Oc1ccccc1/C=N/NC1=NCCCCC1. The molecule has 0 spiro atoms. The molecule has 17 heavy (non-hydrogen) atoms. The molecule has 0 aromatic heterocycles. The van der Waals surface area contributed by atoms with Crippen molar-refractivity contribution in [3.8, 4) is 5.75 Å². The molecule has 1 aromatic carbocycles. The fourth-order valence-electron chi connectivity index (χ4n) is 1.74. The van der Waals surface area contributed by atoms with Gasteiger partial charge in [-0.1, -0.05) is 18.6 Å². The zero-order valence-corrected chi connectivity index (χ0v) is 9.76. The van der Waals surface area contributed by atoms with Gasteiger partial charge in [0.1, 0.15) is 11.6 Å². The average Bonchev–Trinajstić information content (AvgIpc) is 2.60. The van der Waals surface area contributed by atoms with E-state index in [2.05, 4.69) is 15.5 Å². The maximum Gasteiger partial charge on any atom is 0.124 e. The van der Waals surface area contributed by atoms with E-state index in [4.69, 9.17) is 0 Å². The van der Waals surface area contributed by atoms with E-state index >= 15 is 0 Å². The van der Waals surface area contributed by atoms with Crippen molar-refractivity contribution in [2.75, 3.05) is 6.54 Å². The first-order valence-electron chi connectivity index (χ1n) is 5.96. The molecule has 0 bridgehead atoms. The van der Waals surface area contributed by atoms with Crippen molar-refractivity contribution in [2.45, 2.75) is 25.7 Å². The molecule has 1 aliphatic rings. The van der Waals surface area contributed by atoms with Gasteiger partial charge in [0.2, 0.25) is 0 Å². The van der Waals surface area contributed by atoms with E-state index < -0.39 is 0 Å². The molecule has 2 rings (SSSR count). The van der Waals surface area contributed by atoms with Gasteiger partial charge in [0, 0.05) is 18.5 Å². The maximum absolute atomic E-state index is 9.54. The Labute approximate surface area is 101 Å². The first kappa shape index (κ1) is 11.6. The molecule has 1 aliphatic heterocycles. The Balaban J connectivity index is 1.93. The van der Waals surface area contributed by atoms with Gasteiger partial charge in [0.15, 0.2) is 0 Å². The number of rotatable bonds is 2. The Kier molecular flexibility index (Phi) is 4.13. The van der Waals surface area contributed by atoms with Crippen LogP contribution in [0.25, 0.3) is 0 Å². The molecule has 0 saturated carbocycles. The fourth-order valence-corrected chi connectivity index (χ4v) is 1.74. The zero-order chi connectivity index (χ0) is 11.9. The summed E-state index contributed by atoms with van der Waals surface area (Å²) in [4.78, 5) is 4.41. The molecule has 0 fully saturated rings. The quantitative estimate of drug-likeness (QED) is 0.606. The van der Waals surface area contributed by atoms with Crippen molar-refractivity contribution in [3.63, 3.8) is 0 Å². The fraction of sp³-hybridized carbons (Fsp3) is 0.385. The van der Waals surface area contributed by atoms with Crippen molar-refractivity contribution in [3.05, 3.63) is 29.8 Å². The average molecular weight is 231 g/mol. The van der Waals surface area contributed by atoms with Gasteiger partial charge in [-0.3, -0.25) is 10.4 Å². The highest BCUT2D eigenvalue weighted by molar-refractivity contribution is 5.86. The molecule has 2 N–H and O–H groups in total. The Hall–Kier alpha value is -1.84. The molecule has 0 saturated heterocycles. The number of aliphatic imine (C=N–C) groups is 1. The Morgan fingerprint density at radius 2 is 2.12 bits per heavy atom. The minimum atomic E-state index is 0.237. The summed E-state index contributed by atoms with van der Waals surface area (Å²) >= 11 is 0. The van der Waals surface area contributed by atoms with Crippen LogP contribution in [0.15, 0.2) is 34.4 Å². The number of hydrogen-bond donors (Lipinski definition) is 2. The number of phenolic OH excluding ortho intramolecular Hbond substituents is 1. The molecule has 4 heteroatoms. The monoisotopic (exact) mass is 231 g/mol. The van der Waals surface area contributed by atoms with E-state index in [1.165, 1.54) is 6.42 Å². The van der Waals surface area contributed by atoms with Gasteiger partial charge in [-0.15, -0.1) is 0 Å². The summed E-state index contributed by atoms with van der Waals surface area (Å²) in [6.45, 7) is 0.883. The first-order chi connectivity index (χ1) is 8.36. The summed E-state index contributed by atoms with van der Waals surface area (Å²) in [5.41, 5.74) is 3.65. The Bertz CT molecular complexity index is 426. The van der Waals surface area contributed by atoms with Gasteiger partial charge >= 0.3 is 0 Å². The highest BCUT2D eigenvalue weighted by Gasteiger charge is 2.02. The van der Waals surface area contributed by atoms with Gasteiger partial charge in [-0.2, -0.15) is 5.10 Å². The molecule has 1 aromatic rings. The Morgan fingerprint density at radius 3 is 3.00 bits per heavy atom. The van der Waals surface area contributed by atoms with Gasteiger partial charge in [-0.25, -0.2) is 0 Å². The van der Waals surface area contributed by atoms with Crippen LogP contribution in [0.1, 0.15) is 31.2 Å². The molecule has 0 aliphatic carbocycles. The minimum absolute atomic E-state index is 0.237. The molecule has 0 unspecified atom stereocenters. The highest BCUT2D eigenvalue weighted by Crippen LogP contribution is 2.12. The van der Waals surface area contributed by atoms with Crippen molar-refractivity contribution in [1.29, 1.82) is 0 Å². The summed E-state index contributed by atoms with van der Waals surface area (Å²) in [5, 5.41) is 13.6. The van der Waals surface area contributed by atoms with Crippen molar-refractivity contribution in [2.24, 2.45) is 10.1 Å². The molecule has 1 heterocycles. The predicted molar refractivity (Wildman–Crippen MR) is 69.6 cm³/mol. The summed E-state index contributed by atoms with van der Waals surface area (Å²) < 4.78 is 0. The number of amidine groups is 1. The smallest absolute Gasteiger partial charge is 0.124 e. The van der Waals surface area contributed by atoms with Crippen LogP contribution in [0.4, 0.5) is 0 Å². The van der Waals surface area contributed by atoms with Crippen molar-refractivity contribution >= 4 is 12.1 Å². The number of para-hydroxylation sites is 1. The van der Waals surface area contributed by atoms with Crippen LogP contribution < -0.4 is 5.43 Å². The van der Waals surface area contributed by atoms with Gasteiger partial charge in [-0.05, 0) is 25.0 Å². The number of nitrogens with one attached hydrogen (secondary N) is 1. The van der Waals surface area contributed by atoms with Crippen molar-refractivity contribution < 1.29 is 5.11 Å². The molecule has 4 nitrogen and oxygen atoms in total. The van der Waals surface area contributed by atoms with E-state index in [0.717, 1.165) is 31.6 Å². The van der Waals surface area contributed by atoms with E-state index in [-0.39, 0.29) is 5.75 Å². The van der Waals surface area contributed by atoms with Crippen LogP contribution in [0, 0.1) is 0 Å². The van der Waals surface area contributed by atoms with E-state index in [1.54, 1.807) is 18.3 Å². The number of aromatic hydroxyl groups is 1. The lowest BCUT2D eigenvalue weighted by atomic mass is 10.2. The number of hydrazone groups is 1. The normalized spacial score (nSPS) is 16.6. The second kappa shape index (κ2) is 6.03. The van der Waals surface area contributed by atoms with Crippen LogP contribution in [0.2, 0.25) is 0 Å². The molecule has 0 amide bonds. The second-order valence-electron chi connectivity index (χ2n) is 4.07. The third-order valence-electron chi connectivity index (χ3n) is 2.71. The lowest BCUT2D eigenvalue weighted by Crippen LogP contribution is -2.17. The molecule has 0 atom stereocenters. The van der Waals surface area contributed by atoms with Crippen LogP contribution in [-0.2, 0) is 0 Å². The molecular weight excluding hydrogens is 214 g/mol. The number of benzene rings is 1. The summed E-state index contributed by atoms with van der Waals surface area (Å²) in [6.07, 6.45) is 6.13. The number of nitrogens with zero attached hydrogens (tertiary/aromatic N) is 2. The third kappa shape index (κ3) is 3.59. The van der Waals surface area contributed by atoms with E-state index in [1.807, 2.05) is 12.1 Å². The largest absolute Gasteiger partial charge is 0.507 e. The standard InChI is InChI=1S/C13H17N3O/c17-12-7-4-3-6-11(12)10-15-16-13-8-2-1-5-9-14-13/h3-4,6-7,10,17H,1-2,5,8-9H2,(H,14,16)/b15-10+.